The Morgan fingerprint density at radius 1 is 1.21 bits per heavy atom. The van der Waals surface area contributed by atoms with Gasteiger partial charge in [0.25, 0.3) is 5.91 Å². The maximum Gasteiger partial charge on any atom is 0.335 e. The van der Waals surface area contributed by atoms with Crippen LogP contribution in [-0.2, 0) is 4.79 Å². The first-order chi connectivity index (χ1) is 11.4. The number of amides is 1. The van der Waals surface area contributed by atoms with Gasteiger partial charge in [-0.15, -0.1) is 11.3 Å². The topological polar surface area (TPSA) is 90.7 Å². The van der Waals surface area contributed by atoms with Crippen LogP contribution in [0.25, 0.3) is 10.6 Å². The number of hydrogen-bond donors (Lipinski definition) is 2. The summed E-state index contributed by atoms with van der Waals surface area (Å²) in [5.41, 5.74) is -0.0965. The number of thiazole rings is 1. The largest absolute Gasteiger partial charge is 0.479 e. The maximum absolute atomic E-state index is 12.7. The van der Waals surface area contributed by atoms with Crippen molar-refractivity contribution >= 4 is 23.2 Å². The second kappa shape index (κ2) is 6.33. The number of carboxylic acids is 1. The lowest BCUT2D eigenvalue weighted by Crippen LogP contribution is -2.50. The van der Waals surface area contributed by atoms with Crippen molar-refractivity contribution in [2.75, 3.05) is 13.1 Å². The molecule has 3 rings (SSSR count). The molecule has 2 N–H and O–H groups in total. The van der Waals surface area contributed by atoms with Gasteiger partial charge in [-0.3, -0.25) is 4.79 Å². The van der Waals surface area contributed by atoms with E-state index >= 15 is 0 Å². The lowest BCUT2D eigenvalue weighted by Gasteiger charge is -2.35. The van der Waals surface area contributed by atoms with Gasteiger partial charge in [0.05, 0.1) is 5.69 Å². The molecule has 1 aliphatic rings. The number of aryl methyl sites for hydroxylation is 1. The van der Waals surface area contributed by atoms with E-state index in [0.717, 1.165) is 10.6 Å². The molecule has 1 saturated heterocycles. The smallest absolute Gasteiger partial charge is 0.335 e. The van der Waals surface area contributed by atoms with E-state index in [1.807, 2.05) is 30.3 Å². The lowest BCUT2D eigenvalue weighted by molar-refractivity contribution is -0.162. The van der Waals surface area contributed by atoms with E-state index in [1.165, 1.54) is 11.3 Å². The first-order valence-electron chi connectivity index (χ1n) is 7.68. The van der Waals surface area contributed by atoms with Crippen LogP contribution in [0.5, 0.6) is 0 Å². The van der Waals surface area contributed by atoms with E-state index in [0.29, 0.717) is 10.6 Å². The van der Waals surface area contributed by atoms with Crippen LogP contribution < -0.4 is 0 Å². The molecule has 2 heterocycles. The van der Waals surface area contributed by atoms with Crippen LogP contribution in [0.2, 0.25) is 0 Å². The van der Waals surface area contributed by atoms with Crippen LogP contribution in [0.1, 0.15) is 28.2 Å². The Kier molecular flexibility index (Phi) is 4.38. The molecule has 1 aromatic heterocycles. The first kappa shape index (κ1) is 16.6. The van der Waals surface area contributed by atoms with Gasteiger partial charge in [-0.05, 0) is 6.92 Å². The Balaban J connectivity index is 1.77. The SMILES string of the molecule is Cc1nc(-c2ccccc2)sc1C(=O)N1CCC(O)(C(=O)O)CC1. The molecular weight excluding hydrogens is 328 g/mol. The predicted molar refractivity (Wildman–Crippen MR) is 90.0 cm³/mol. The molecule has 24 heavy (non-hydrogen) atoms. The van der Waals surface area contributed by atoms with Crippen LogP contribution in [-0.4, -0.2) is 50.7 Å². The van der Waals surface area contributed by atoms with E-state index in [4.69, 9.17) is 5.11 Å². The van der Waals surface area contributed by atoms with Crippen LogP contribution >= 0.6 is 11.3 Å². The van der Waals surface area contributed by atoms with Crippen LogP contribution in [0.15, 0.2) is 30.3 Å². The summed E-state index contributed by atoms with van der Waals surface area (Å²) in [7, 11) is 0. The second-order valence-corrected chi connectivity index (χ2v) is 6.93. The standard InChI is InChI=1S/C17H18N2O4S/c1-11-13(24-14(18-11)12-5-3-2-4-6-12)15(20)19-9-7-17(23,8-10-19)16(21)22/h2-6,23H,7-10H2,1H3,(H,21,22). The summed E-state index contributed by atoms with van der Waals surface area (Å²) in [6.45, 7) is 2.24. The van der Waals surface area contributed by atoms with E-state index in [1.54, 1.807) is 11.8 Å². The Hall–Kier alpha value is -2.25. The Morgan fingerprint density at radius 3 is 2.42 bits per heavy atom. The number of carboxylic acid groups (broad SMARTS) is 1. The van der Waals surface area contributed by atoms with Crippen molar-refractivity contribution in [3.63, 3.8) is 0 Å². The summed E-state index contributed by atoms with van der Waals surface area (Å²) in [6, 6.07) is 9.66. The average Bonchev–Trinajstić information content (AvgIpc) is 2.97. The van der Waals surface area contributed by atoms with Crippen molar-refractivity contribution in [1.29, 1.82) is 0 Å². The highest BCUT2D eigenvalue weighted by Gasteiger charge is 2.40. The number of piperidine rings is 1. The summed E-state index contributed by atoms with van der Waals surface area (Å²) in [6.07, 6.45) is 0.0783. The number of carbonyl (C=O) groups is 2. The van der Waals surface area contributed by atoms with Crippen LogP contribution in [0.4, 0.5) is 0 Å². The molecule has 0 radical (unpaired) electrons. The lowest BCUT2D eigenvalue weighted by atomic mass is 9.91. The van der Waals surface area contributed by atoms with Gasteiger partial charge in [0.15, 0.2) is 5.60 Å². The van der Waals surface area contributed by atoms with Crippen molar-refractivity contribution in [2.24, 2.45) is 0 Å². The predicted octanol–water partition coefficient (Wildman–Crippen LogP) is 2.17. The zero-order valence-corrected chi connectivity index (χ0v) is 14.0. The third kappa shape index (κ3) is 3.05. The van der Waals surface area contributed by atoms with Gasteiger partial charge in [0, 0.05) is 31.5 Å². The third-order valence-electron chi connectivity index (χ3n) is 4.29. The summed E-state index contributed by atoms with van der Waals surface area (Å²) >= 11 is 1.34. The first-order valence-corrected chi connectivity index (χ1v) is 8.50. The summed E-state index contributed by atoms with van der Waals surface area (Å²) in [4.78, 5) is 30.4. The molecule has 0 spiro atoms. The fourth-order valence-electron chi connectivity index (χ4n) is 2.74. The minimum absolute atomic E-state index is 0.0392. The van der Waals surface area contributed by atoms with Gasteiger partial charge in [-0.25, -0.2) is 9.78 Å². The Labute approximate surface area is 143 Å². The van der Waals surface area contributed by atoms with Crippen molar-refractivity contribution in [3.8, 4) is 10.6 Å². The normalized spacial score (nSPS) is 16.8. The van der Waals surface area contributed by atoms with Crippen molar-refractivity contribution < 1.29 is 19.8 Å². The minimum Gasteiger partial charge on any atom is -0.479 e. The molecule has 1 aliphatic heterocycles. The molecule has 2 aromatic rings. The van der Waals surface area contributed by atoms with Crippen LogP contribution in [0, 0.1) is 6.92 Å². The summed E-state index contributed by atoms with van der Waals surface area (Å²) in [5.74, 6) is -1.38. The fraction of sp³-hybridized carbons (Fsp3) is 0.353. The molecule has 1 amide bonds. The molecule has 7 heteroatoms. The molecular formula is C17H18N2O4S. The zero-order valence-electron chi connectivity index (χ0n) is 13.2. The van der Waals surface area contributed by atoms with Crippen molar-refractivity contribution in [2.45, 2.75) is 25.4 Å². The van der Waals surface area contributed by atoms with Gasteiger partial charge in [-0.2, -0.15) is 0 Å². The summed E-state index contributed by atoms with van der Waals surface area (Å²) in [5, 5.41) is 19.8. The summed E-state index contributed by atoms with van der Waals surface area (Å²) < 4.78 is 0. The highest BCUT2D eigenvalue weighted by atomic mass is 32.1. The molecule has 0 unspecified atom stereocenters. The van der Waals surface area contributed by atoms with Gasteiger partial charge >= 0.3 is 5.97 Å². The minimum atomic E-state index is -1.73. The van der Waals surface area contributed by atoms with E-state index in [9.17, 15) is 14.7 Å². The molecule has 0 aliphatic carbocycles. The molecule has 0 bridgehead atoms. The fourth-order valence-corrected chi connectivity index (χ4v) is 3.78. The zero-order chi connectivity index (χ0) is 17.3. The number of carbonyl (C=O) groups excluding carboxylic acids is 1. The van der Waals surface area contributed by atoms with Crippen LogP contribution in [0.3, 0.4) is 0 Å². The van der Waals surface area contributed by atoms with Gasteiger partial charge in [0.1, 0.15) is 9.88 Å². The highest BCUT2D eigenvalue weighted by Crippen LogP contribution is 2.30. The van der Waals surface area contributed by atoms with E-state index < -0.39 is 11.6 Å². The Bertz CT molecular complexity index is 764. The number of rotatable bonds is 3. The monoisotopic (exact) mass is 346 g/mol. The number of aliphatic hydroxyl groups is 1. The third-order valence-corrected chi connectivity index (χ3v) is 5.48. The van der Waals surface area contributed by atoms with Crippen molar-refractivity contribution in [3.05, 3.63) is 40.9 Å². The number of aromatic nitrogens is 1. The quantitative estimate of drug-likeness (QED) is 0.889. The van der Waals surface area contributed by atoms with Crippen molar-refractivity contribution in [1.82, 2.24) is 9.88 Å². The molecule has 0 atom stereocenters. The highest BCUT2D eigenvalue weighted by molar-refractivity contribution is 7.17. The maximum atomic E-state index is 12.7. The van der Waals surface area contributed by atoms with Gasteiger partial charge in [0.2, 0.25) is 0 Å². The molecule has 126 valence electrons. The molecule has 1 fully saturated rings. The number of likely N-dealkylation sites (tertiary alicyclic amines) is 1. The number of hydrogen-bond acceptors (Lipinski definition) is 5. The van der Waals surface area contributed by atoms with Gasteiger partial charge in [-0.1, -0.05) is 30.3 Å². The number of benzene rings is 1. The number of aliphatic carboxylic acids is 1. The van der Waals surface area contributed by atoms with E-state index in [2.05, 4.69) is 4.98 Å². The number of nitrogens with zero attached hydrogens (tertiary/aromatic N) is 2. The second-order valence-electron chi connectivity index (χ2n) is 5.93. The van der Waals surface area contributed by atoms with Gasteiger partial charge < -0.3 is 15.1 Å². The molecule has 6 nitrogen and oxygen atoms in total. The Morgan fingerprint density at radius 2 is 1.83 bits per heavy atom. The molecule has 0 saturated carbocycles. The average molecular weight is 346 g/mol. The van der Waals surface area contributed by atoms with E-state index in [-0.39, 0.29) is 31.8 Å². The molecule has 1 aromatic carbocycles.